The number of nitrogens with one attached hydrogen (secondary N) is 1. The van der Waals surface area contributed by atoms with Crippen LogP contribution < -0.4 is 5.32 Å². The molecule has 0 aliphatic rings. The number of carbonyl (C=O) groups is 1. The zero-order valence-electron chi connectivity index (χ0n) is 11.4. The summed E-state index contributed by atoms with van der Waals surface area (Å²) in [5, 5.41) is 11.8. The summed E-state index contributed by atoms with van der Waals surface area (Å²) < 4.78 is 39.1. The molecule has 0 fully saturated rings. The molecular formula is C14H18F3NO2. The number of aliphatic carboxylic acids is 1. The van der Waals surface area contributed by atoms with Crippen molar-refractivity contribution in [2.24, 2.45) is 11.8 Å². The van der Waals surface area contributed by atoms with Gasteiger partial charge in [-0.15, -0.1) is 0 Å². The summed E-state index contributed by atoms with van der Waals surface area (Å²) in [4.78, 5) is 11.0. The number of rotatable bonds is 7. The van der Waals surface area contributed by atoms with Gasteiger partial charge in [-0.1, -0.05) is 13.8 Å². The Morgan fingerprint density at radius 2 is 1.80 bits per heavy atom. The van der Waals surface area contributed by atoms with Gasteiger partial charge >= 0.3 is 5.97 Å². The third kappa shape index (κ3) is 4.85. The number of hydrogen-bond donors (Lipinski definition) is 2. The predicted octanol–water partition coefficient (Wildman–Crippen LogP) is 2.94. The van der Waals surface area contributed by atoms with Crippen molar-refractivity contribution in [3.63, 3.8) is 0 Å². The Kier molecular flexibility index (Phi) is 6.01. The first-order valence-corrected chi connectivity index (χ1v) is 6.38. The normalized spacial score (nSPS) is 12.7. The molecule has 1 aromatic carbocycles. The van der Waals surface area contributed by atoms with Gasteiger partial charge in [0.15, 0.2) is 11.6 Å². The Morgan fingerprint density at radius 3 is 2.35 bits per heavy atom. The molecule has 3 nitrogen and oxygen atoms in total. The lowest BCUT2D eigenvalue weighted by atomic mass is 9.97. The van der Waals surface area contributed by atoms with Crippen molar-refractivity contribution in [3.05, 3.63) is 35.1 Å². The van der Waals surface area contributed by atoms with E-state index in [1.807, 2.05) is 13.8 Å². The molecular weight excluding hydrogens is 271 g/mol. The van der Waals surface area contributed by atoms with E-state index in [1.54, 1.807) is 0 Å². The standard InChI is InChI=1S/C14H18F3NO2/c1-8(2)3-10(14(19)20)7-18-6-9-4-12(16)13(17)5-11(9)15/h4-5,8,10,18H,3,6-7H2,1-2H3,(H,19,20). The second kappa shape index (κ2) is 7.28. The molecule has 1 atom stereocenters. The molecule has 0 bridgehead atoms. The van der Waals surface area contributed by atoms with Crippen molar-refractivity contribution in [1.29, 1.82) is 0 Å². The average Bonchev–Trinajstić information content (AvgIpc) is 2.33. The van der Waals surface area contributed by atoms with E-state index in [0.29, 0.717) is 12.5 Å². The van der Waals surface area contributed by atoms with Crippen LogP contribution in [0.25, 0.3) is 0 Å². The number of carboxylic acid groups (broad SMARTS) is 1. The van der Waals surface area contributed by atoms with Crippen LogP contribution in [0.4, 0.5) is 13.2 Å². The third-order valence-electron chi connectivity index (χ3n) is 2.90. The smallest absolute Gasteiger partial charge is 0.307 e. The van der Waals surface area contributed by atoms with Crippen molar-refractivity contribution in [3.8, 4) is 0 Å². The zero-order valence-corrected chi connectivity index (χ0v) is 11.4. The SMILES string of the molecule is CC(C)CC(CNCc1cc(F)c(F)cc1F)C(=O)O. The topological polar surface area (TPSA) is 49.3 Å². The lowest BCUT2D eigenvalue weighted by Crippen LogP contribution is -2.29. The molecule has 0 spiro atoms. The molecule has 0 heterocycles. The molecule has 1 rings (SSSR count). The van der Waals surface area contributed by atoms with Crippen LogP contribution >= 0.6 is 0 Å². The second-order valence-corrected chi connectivity index (χ2v) is 5.15. The lowest BCUT2D eigenvalue weighted by molar-refractivity contribution is -0.142. The van der Waals surface area contributed by atoms with Gasteiger partial charge in [0.1, 0.15) is 5.82 Å². The molecule has 1 unspecified atom stereocenters. The molecule has 0 saturated heterocycles. The van der Waals surface area contributed by atoms with Crippen molar-refractivity contribution < 1.29 is 23.1 Å². The summed E-state index contributed by atoms with van der Waals surface area (Å²) in [7, 11) is 0. The van der Waals surface area contributed by atoms with Crippen molar-refractivity contribution in [2.45, 2.75) is 26.8 Å². The van der Waals surface area contributed by atoms with E-state index in [9.17, 15) is 18.0 Å². The van der Waals surface area contributed by atoms with E-state index >= 15 is 0 Å². The Bertz CT molecular complexity index is 478. The molecule has 0 amide bonds. The molecule has 0 aliphatic heterocycles. The molecule has 1 aromatic rings. The van der Waals surface area contributed by atoms with Gasteiger partial charge in [0.2, 0.25) is 0 Å². The number of benzene rings is 1. The largest absolute Gasteiger partial charge is 0.481 e. The highest BCUT2D eigenvalue weighted by Crippen LogP contribution is 2.14. The Balaban J connectivity index is 2.59. The van der Waals surface area contributed by atoms with Crippen molar-refractivity contribution in [1.82, 2.24) is 5.32 Å². The first-order valence-electron chi connectivity index (χ1n) is 6.38. The fourth-order valence-corrected chi connectivity index (χ4v) is 1.92. The highest BCUT2D eigenvalue weighted by atomic mass is 19.2. The van der Waals surface area contributed by atoms with Gasteiger partial charge in [0, 0.05) is 24.7 Å². The van der Waals surface area contributed by atoms with Gasteiger partial charge in [-0.25, -0.2) is 13.2 Å². The lowest BCUT2D eigenvalue weighted by Gasteiger charge is -2.15. The number of hydrogen-bond acceptors (Lipinski definition) is 2. The van der Waals surface area contributed by atoms with Gasteiger partial charge < -0.3 is 10.4 Å². The van der Waals surface area contributed by atoms with Crippen LogP contribution in [0, 0.1) is 29.3 Å². The quantitative estimate of drug-likeness (QED) is 0.759. The summed E-state index contributed by atoms with van der Waals surface area (Å²) in [6.45, 7) is 3.91. The van der Waals surface area contributed by atoms with Crippen LogP contribution in [0.1, 0.15) is 25.8 Å². The average molecular weight is 289 g/mol. The van der Waals surface area contributed by atoms with Crippen LogP contribution in [0.3, 0.4) is 0 Å². The van der Waals surface area contributed by atoms with Gasteiger partial charge in [0.05, 0.1) is 5.92 Å². The Hall–Kier alpha value is -1.56. The highest BCUT2D eigenvalue weighted by Gasteiger charge is 2.18. The summed E-state index contributed by atoms with van der Waals surface area (Å²) in [6.07, 6.45) is 0.489. The van der Waals surface area contributed by atoms with Crippen LogP contribution in [-0.4, -0.2) is 17.6 Å². The van der Waals surface area contributed by atoms with E-state index in [4.69, 9.17) is 5.11 Å². The van der Waals surface area contributed by atoms with Crippen molar-refractivity contribution >= 4 is 5.97 Å². The molecule has 0 saturated carbocycles. The van der Waals surface area contributed by atoms with Crippen LogP contribution in [-0.2, 0) is 11.3 Å². The highest BCUT2D eigenvalue weighted by molar-refractivity contribution is 5.70. The molecule has 20 heavy (non-hydrogen) atoms. The van der Waals surface area contributed by atoms with Gasteiger partial charge in [-0.3, -0.25) is 4.79 Å². The summed E-state index contributed by atoms with van der Waals surface area (Å²) >= 11 is 0. The summed E-state index contributed by atoms with van der Waals surface area (Å²) in [6, 6.07) is 1.25. The summed E-state index contributed by atoms with van der Waals surface area (Å²) in [5.41, 5.74) is -0.0300. The molecule has 112 valence electrons. The van der Waals surface area contributed by atoms with Gasteiger partial charge in [-0.2, -0.15) is 0 Å². The van der Waals surface area contributed by atoms with Crippen LogP contribution in [0.15, 0.2) is 12.1 Å². The first kappa shape index (κ1) is 16.5. The maximum Gasteiger partial charge on any atom is 0.307 e. The van der Waals surface area contributed by atoms with E-state index in [0.717, 1.165) is 6.07 Å². The minimum absolute atomic E-state index is 0.0300. The minimum atomic E-state index is -1.24. The second-order valence-electron chi connectivity index (χ2n) is 5.15. The first-order chi connectivity index (χ1) is 9.31. The summed E-state index contributed by atoms with van der Waals surface area (Å²) in [5.74, 6) is -4.53. The molecule has 0 aromatic heterocycles. The van der Waals surface area contributed by atoms with E-state index in [2.05, 4.69) is 5.32 Å². The zero-order chi connectivity index (χ0) is 15.3. The Labute approximate surface area is 115 Å². The maximum atomic E-state index is 13.4. The molecule has 0 radical (unpaired) electrons. The minimum Gasteiger partial charge on any atom is -0.481 e. The van der Waals surface area contributed by atoms with Gasteiger partial charge in [-0.05, 0) is 18.4 Å². The van der Waals surface area contributed by atoms with Gasteiger partial charge in [0.25, 0.3) is 0 Å². The number of halogens is 3. The third-order valence-corrected chi connectivity index (χ3v) is 2.90. The maximum absolute atomic E-state index is 13.4. The van der Waals surface area contributed by atoms with E-state index in [-0.39, 0.29) is 24.6 Å². The Morgan fingerprint density at radius 1 is 1.20 bits per heavy atom. The number of carboxylic acids is 1. The van der Waals surface area contributed by atoms with E-state index < -0.39 is 29.3 Å². The molecule has 6 heteroatoms. The van der Waals surface area contributed by atoms with Crippen LogP contribution in [0.2, 0.25) is 0 Å². The monoisotopic (exact) mass is 289 g/mol. The molecule has 0 aliphatic carbocycles. The van der Waals surface area contributed by atoms with Crippen LogP contribution in [0.5, 0.6) is 0 Å². The fraction of sp³-hybridized carbons (Fsp3) is 0.500. The fourth-order valence-electron chi connectivity index (χ4n) is 1.92. The van der Waals surface area contributed by atoms with Crippen molar-refractivity contribution in [2.75, 3.05) is 6.54 Å². The van der Waals surface area contributed by atoms with E-state index in [1.165, 1.54) is 0 Å². The molecule has 2 N–H and O–H groups in total. The predicted molar refractivity (Wildman–Crippen MR) is 68.6 cm³/mol.